The van der Waals surface area contributed by atoms with E-state index in [1.54, 1.807) is 11.0 Å². The van der Waals surface area contributed by atoms with Gasteiger partial charge in [0.1, 0.15) is 6.61 Å². The number of ether oxygens (including phenoxy) is 2. The van der Waals surface area contributed by atoms with E-state index in [1.165, 1.54) is 7.11 Å². The lowest BCUT2D eigenvalue weighted by atomic mass is 9.59. The van der Waals surface area contributed by atoms with Crippen molar-refractivity contribution in [3.05, 3.63) is 70.8 Å². The number of methoxy groups -OCH3 is 1. The molecule has 31 heavy (non-hydrogen) atoms. The fourth-order valence-electron chi connectivity index (χ4n) is 5.04. The van der Waals surface area contributed by atoms with Gasteiger partial charge in [0.2, 0.25) is 0 Å². The van der Waals surface area contributed by atoms with Crippen LogP contribution in [-0.2, 0) is 16.1 Å². The molecule has 2 fully saturated rings. The summed E-state index contributed by atoms with van der Waals surface area (Å²) in [5.74, 6) is -0.379. The number of amides is 1. The summed E-state index contributed by atoms with van der Waals surface area (Å²) in [6.07, 6.45) is 2.61. The molecule has 6 heteroatoms. The Morgan fingerprint density at radius 2 is 1.87 bits per heavy atom. The minimum absolute atomic E-state index is 0.0632. The molecule has 164 valence electrons. The number of carbonyl (C=O) groups is 2. The fraction of sp³-hybridized carbons (Fsp3) is 0.440. The van der Waals surface area contributed by atoms with E-state index in [4.69, 9.17) is 9.47 Å². The van der Waals surface area contributed by atoms with Gasteiger partial charge in [-0.15, -0.1) is 0 Å². The number of hydrogen-bond donors (Lipinski definition) is 1. The minimum atomic E-state index is -0.379. The molecule has 6 nitrogen and oxygen atoms in total. The molecule has 1 heterocycles. The van der Waals surface area contributed by atoms with Crippen molar-refractivity contribution in [3.8, 4) is 0 Å². The normalized spacial score (nSPS) is 25.1. The van der Waals surface area contributed by atoms with Gasteiger partial charge in [-0.2, -0.15) is 0 Å². The van der Waals surface area contributed by atoms with E-state index in [9.17, 15) is 14.7 Å². The van der Waals surface area contributed by atoms with Gasteiger partial charge < -0.3 is 19.5 Å². The van der Waals surface area contributed by atoms with Gasteiger partial charge in [0.15, 0.2) is 0 Å². The Labute approximate surface area is 182 Å². The molecule has 1 atom stereocenters. The van der Waals surface area contributed by atoms with Gasteiger partial charge in [0, 0.05) is 6.54 Å². The molecule has 1 N–H and O–H groups in total. The van der Waals surface area contributed by atoms with Crippen molar-refractivity contribution >= 4 is 12.1 Å². The molecule has 0 bridgehead atoms. The molecule has 4 rings (SSSR count). The largest absolute Gasteiger partial charge is 0.465 e. The molecular weight excluding hydrogens is 394 g/mol. The first kappa shape index (κ1) is 21.4. The van der Waals surface area contributed by atoms with Gasteiger partial charge in [0.25, 0.3) is 0 Å². The topological polar surface area (TPSA) is 76.1 Å². The number of hydrogen-bond acceptors (Lipinski definition) is 5. The highest BCUT2D eigenvalue weighted by Crippen LogP contribution is 2.54. The van der Waals surface area contributed by atoms with Crippen molar-refractivity contribution in [2.75, 3.05) is 13.7 Å². The van der Waals surface area contributed by atoms with Gasteiger partial charge in [-0.05, 0) is 66.8 Å². The molecule has 2 aromatic rings. The fourth-order valence-corrected chi connectivity index (χ4v) is 5.04. The van der Waals surface area contributed by atoms with Gasteiger partial charge in [0.05, 0.1) is 24.8 Å². The van der Waals surface area contributed by atoms with Crippen molar-refractivity contribution in [1.82, 2.24) is 4.90 Å². The summed E-state index contributed by atoms with van der Waals surface area (Å²) in [4.78, 5) is 26.8. The number of rotatable bonds is 4. The van der Waals surface area contributed by atoms with Gasteiger partial charge in [-0.1, -0.05) is 36.4 Å². The third kappa shape index (κ3) is 4.44. The smallest absolute Gasteiger partial charge is 0.410 e. The van der Waals surface area contributed by atoms with Crippen molar-refractivity contribution in [3.63, 3.8) is 0 Å². The Morgan fingerprint density at radius 1 is 1.13 bits per heavy atom. The SMILES string of the molecule is COC(=O)c1ccc([C@@H]2CC3(CCN2C(=O)OCc2ccccc2)CC(O)C3)c(C)c1. The predicted octanol–water partition coefficient (Wildman–Crippen LogP) is 4.40. The Morgan fingerprint density at radius 3 is 2.52 bits per heavy atom. The summed E-state index contributed by atoms with van der Waals surface area (Å²) in [5, 5.41) is 9.93. The molecule has 2 aliphatic rings. The molecule has 2 aromatic carbocycles. The van der Waals surface area contributed by atoms with Crippen LogP contribution in [0.3, 0.4) is 0 Å². The van der Waals surface area contributed by atoms with E-state index in [2.05, 4.69) is 0 Å². The monoisotopic (exact) mass is 423 g/mol. The number of benzene rings is 2. The lowest BCUT2D eigenvalue weighted by Gasteiger charge is -2.53. The first-order chi connectivity index (χ1) is 14.9. The molecular formula is C25H29NO5. The van der Waals surface area contributed by atoms with E-state index < -0.39 is 0 Å². The third-order valence-electron chi connectivity index (χ3n) is 6.71. The number of carbonyl (C=O) groups excluding carboxylic acids is 2. The number of esters is 1. The lowest BCUT2D eigenvalue weighted by molar-refractivity contribution is -0.0825. The van der Waals surface area contributed by atoms with E-state index in [0.717, 1.165) is 42.4 Å². The van der Waals surface area contributed by atoms with Crippen LogP contribution in [0.25, 0.3) is 0 Å². The van der Waals surface area contributed by atoms with Crippen molar-refractivity contribution < 1.29 is 24.2 Å². The number of nitrogens with zero attached hydrogens (tertiary/aromatic N) is 1. The number of likely N-dealkylation sites (tertiary alicyclic amines) is 1. The molecule has 1 saturated heterocycles. The highest BCUT2D eigenvalue weighted by atomic mass is 16.6. The minimum Gasteiger partial charge on any atom is -0.465 e. The van der Waals surface area contributed by atoms with Crippen molar-refractivity contribution in [2.45, 2.75) is 51.4 Å². The maximum absolute atomic E-state index is 13.0. The summed E-state index contributed by atoms with van der Waals surface area (Å²) >= 11 is 0. The summed E-state index contributed by atoms with van der Waals surface area (Å²) < 4.78 is 10.5. The maximum atomic E-state index is 13.0. The zero-order valence-corrected chi connectivity index (χ0v) is 18.0. The Bertz CT molecular complexity index is 952. The van der Waals surface area contributed by atoms with Crippen LogP contribution >= 0.6 is 0 Å². The second-order valence-corrected chi connectivity index (χ2v) is 8.83. The molecule has 1 spiro atoms. The standard InChI is InChI=1S/C25H29NO5/c1-17-12-19(23(28)30-2)8-9-21(17)22-15-25(13-20(27)14-25)10-11-26(22)24(29)31-16-18-6-4-3-5-7-18/h3-9,12,20,22,27H,10-11,13-16H2,1-2H3/t20?,22-,25?/m0/s1. The Kier molecular flexibility index (Phi) is 6.01. The second kappa shape index (κ2) is 8.71. The molecule has 0 aromatic heterocycles. The first-order valence-electron chi connectivity index (χ1n) is 10.7. The molecule has 1 aliphatic heterocycles. The van der Waals surface area contributed by atoms with Gasteiger partial charge in [-0.25, -0.2) is 9.59 Å². The van der Waals surface area contributed by atoms with Crippen molar-refractivity contribution in [1.29, 1.82) is 0 Å². The van der Waals surface area contributed by atoms with Crippen LogP contribution in [0.2, 0.25) is 0 Å². The average molecular weight is 424 g/mol. The highest BCUT2D eigenvalue weighted by Gasteiger charge is 2.49. The van der Waals surface area contributed by atoms with E-state index in [1.807, 2.05) is 49.4 Å². The lowest BCUT2D eigenvalue weighted by Crippen LogP contribution is -2.51. The van der Waals surface area contributed by atoms with Crippen molar-refractivity contribution in [2.24, 2.45) is 5.41 Å². The summed E-state index contributed by atoms with van der Waals surface area (Å²) in [6, 6.07) is 15.0. The number of aliphatic hydroxyl groups is 1. The van der Waals surface area contributed by atoms with Crippen LogP contribution in [-0.4, -0.2) is 41.8 Å². The van der Waals surface area contributed by atoms with E-state index in [0.29, 0.717) is 12.1 Å². The van der Waals surface area contributed by atoms with E-state index in [-0.39, 0.29) is 36.2 Å². The van der Waals surface area contributed by atoms with Gasteiger partial charge >= 0.3 is 12.1 Å². The second-order valence-electron chi connectivity index (χ2n) is 8.83. The Hall–Kier alpha value is -2.86. The molecule has 0 unspecified atom stereocenters. The van der Waals surface area contributed by atoms with Crippen LogP contribution in [0.15, 0.2) is 48.5 Å². The molecule has 1 aliphatic carbocycles. The molecule has 0 radical (unpaired) electrons. The summed E-state index contributed by atoms with van der Waals surface area (Å²) in [7, 11) is 1.36. The van der Waals surface area contributed by atoms with Crippen LogP contribution in [0.4, 0.5) is 4.79 Å². The van der Waals surface area contributed by atoms with Crippen LogP contribution in [0, 0.1) is 12.3 Å². The average Bonchev–Trinajstić information content (AvgIpc) is 2.76. The highest BCUT2D eigenvalue weighted by molar-refractivity contribution is 5.89. The van der Waals surface area contributed by atoms with Crippen LogP contribution < -0.4 is 0 Å². The Balaban J connectivity index is 1.56. The van der Waals surface area contributed by atoms with Crippen LogP contribution in [0.1, 0.15) is 58.8 Å². The zero-order chi connectivity index (χ0) is 22.0. The molecule has 1 amide bonds. The maximum Gasteiger partial charge on any atom is 0.410 e. The van der Waals surface area contributed by atoms with Gasteiger partial charge in [-0.3, -0.25) is 0 Å². The summed E-state index contributed by atoms with van der Waals surface area (Å²) in [6.45, 7) is 2.77. The predicted molar refractivity (Wildman–Crippen MR) is 116 cm³/mol. The summed E-state index contributed by atoms with van der Waals surface area (Å²) in [5.41, 5.74) is 3.44. The number of piperidine rings is 1. The van der Waals surface area contributed by atoms with Crippen LogP contribution in [0.5, 0.6) is 0 Å². The number of aliphatic hydroxyl groups excluding tert-OH is 1. The van der Waals surface area contributed by atoms with E-state index >= 15 is 0 Å². The molecule has 1 saturated carbocycles. The zero-order valence-electron chi connectivity index (χ0n) is 18.0. The quantitative estimate of drug-likeness (QED) is 0.738. The third-order valence-corrected chi connectivity index (χ3v) is 6.71. The number of aryl methyl sites for hydroxylation is 1. The first-order valence-corrected chi connectivity index (χ1v) is 10.7.